The summed E-state index contributed by atoms with van der Waals surface area (Å²) in [7, 11) is 1.43. The number of aliphatic hydroxyl groups is 1. The number of nitrogens with zero attached hydrogens (tertiary/aromatic N) is 4. The predicted octanol–water partition coefficient (Wildman–Crippen LogP) is 6.24. The van der Waals surface area contributed by atoms with Gasteiger partial charge in [-0.1, -0.05) is 0 Å². The van der Waals surface area contributed by atoms with Gasteiger partial charge >= 0.3 is 12.4 Å². The third-order valence-corrected chi connectivity index (χ3v) is 8.39. The first kappa shape index (κ1) is 30.4. The molecule has 5 rings (SSSR count). The lowest BCUT2D eigenvalue weighted by atomic mass is 9.88. The summed E-state index contributed by atoms with van der Waals surface area (Å²) in [5.74, 6) is -0.515. The van der Waals surface area contributed by atoms with Crippen LogP contribution in [0.1, 0.15) is 60.0 Å². The summed E-state index contributed by atoms with van der Waals surface area (Å²) >= 11 is 0. The van der Waals surface area contributed by atoms with Crippen molar-refractivity contribution in [2.24, 2.45) is 0 Å². The number of pyridine rings is 1. The third-order valence-electron chi connectivity index (χ3n) is 8.39. The highest BCUT2D eigenvalue weighted by Crippen LogP contribution is 2.47. The van der Waals surface area contributed by atoms with Crippen LogP contribution in [0.25, 0.3) is 22.4 Å². The van der Waals surface area contributed by atoms with E-state index in [-0.39, 0.29) is 48.5 Å². The molecule has 0 saturated carbocycles. The third kappa shape index (κ3) is 5.22. The standard InChI is InChI=1S/C30H28F6N4O3/c1-16-10-17-12-24(43-3)21(19-6-4-8-38-22(19)15-37)13-20(17)25-18(14-29(31,32)33)11-23(40(16)25)26(41)39-9-5-7-28(39,2)27(42)30(34,35)36/h4,6,8,11-13,16,27,42H,5,7,9-10,14H2,1-3H3/t16-,27+,28-/m1/s1. The van der Waals surface area contributed by atoms with Crippen molar-refractivity contribution < 1.29 is 41.0 Å². The van der Waals surface area contributed by atoms with Crippen molar-refractivity contribution in [2.75, 3.05) is 13.7 Å². The molecular formula is C30H28F6N4O3. The van der Waals surface area contributed by atoms with Crippen LogP contribution in [0.15, 0.2) is 36.5 Å². The summed E-state index contributed by atoms with van der Waals surface area (Å²) in [6.07, 6.45) is -12.1. The van der Waals surface area contributed by atoms with E-state index in [0.717, 1.165) is 17.9 Å². The molecule has 4 heterocycles. The van der Waals surface area contributed by atoms with Crippen LogP contribution < -0.4 is 4.74 Å². The Kier molecular flexibility index (Phi) is 7.49. The Morgan fingerprint density at radius 3 is 2.56 bits per heavy atom. The van der Waals surface area contributed by atoms with Gasteiger partial charge in [0.1, 0.15) is 23.2 Å². The first-order valence-corrected chi connectivity index (χ1v) is 13.5. The minimum absolute atomic E-state index is 0.0724. The van der Waals surface area contributed by atoms with Crippen molar-refractivity contribution >= 4 is 5.91 Å². The molecule has 43 heavy (non-hydrogen) atoms. The van der Waals surface area contributed by atoms with Crippen LogP contribution in [0.5, 0.6) is 5.75 Å². The monoisotopic (exact) mass is 606 g/mol. The Balaban J connectivity index is 1.73. The Morgan fingerprint density at radius 2 is 1.93 bits per heavy atom. The van der Waals surface area contributed by atoms with Crippen LogP contribution in [0.2, 0.25) is 0 Å². The zero-order valence-corrected chi connectivity index (χ0v) is 23.5. The lowest BCUT2D eigenvalue weighted by Gasteiger charge is -2.40. The number of hydrogen-bond donors (Lipinski definition) is 1. The first-order valence-electron chi connectivity index (χ1n) is 13.5. The number of fused-ring (bicyclic) bond motifs is 3. The molecule has 0 bridgehead atoms. The molecule has 1 N–H and O–H groups in total. The largest absolute Gasteiger partial charge is 0.496 e. The van der Waals surface area contributed by atoms with Crippen molar-refractivity contribution in [3.8, 4) is 34.2 Å². The van der Waals surface area contributed by atoms with Gasteiger partial charge in [0.25, 0.3) is 5.91 Å². The van der Waals surface area contributed by atoms with Crippen LogP contribution in [0.4, 0.5) is 26.3 Å². The van der Waals surface area contributed by atoms with E-state index in [1.54, 1.807) is 31.2 Å². The topological polar surface area (TPSA) is 91.4 Å². The van der Waals surface area contributed by atoms with E-state index in [2.05, 4.69) is 4.98 Å². The van der Waals surface area contributed by atoms with E-state index in [0.29, 0.717) is 28.0 Å². The maximum Gasteiger partial charge on any atom is 0.416 e. The normalized spacial score (nSPS) is 20.8. The smallest absolute Gasteiger partial charge is 0.416 e. The predicted molar refractivity (Wildman–Crippen MR) is 143 cm³/mol. The number of aromatic nitrogens is 2. The zero-order chi connectivity index (χ0) is 31.5. The fraction of sp³-hybridized carbons (Fsp3) is 0.433. The highest BCUT2D eigenvalue weighted by Gasteiger charge is 2.56. The number of rotatable bonds is 5. The van der Waals surface area contributed by atoms with Gasteiger partial charge in [-0.3, -0.25) is 4.79 Å². The summed E-state index contributed by atoms with van der Waals surface area (Å²) < 4.78 is 89.6. The number of ether oxygens (including phenoxy) is 1. The van der Waals surface area contributed by atoms with Gasteiger partial charge in [0.15, 0.2) is 6.10 Å². The average molecular weight is 607 g/mol. The van der Waals surface area contributed by atoms with Gasteiger partial charge < -0.3 is 19.3 Å². The molecule has 7 nitrogen and oxygen atoms in total. The first-order chi connectivity index (χ1) is 20.1. The van der Waals surface area contributed by atoms with Gasteiger partial charge in [0, 0.05) is 35.5 Å². The Labute approximate surface area is 243 Å². The molecule has 2 aromatic heterocycles. The Bertz CT molecular complexity index is 1620. The molecular weight excluding hydrogens is 578 g/mol. The van der Waals surface area contributed by atoms with E-state index in [1.807, 2.05) is 6.07 Å². The molecule has 3 atom stereocenters. The molecule has 0 spiro atoms. The van der Waals surface area contributed by atoms with Crippen LogP contribution in [-0.4, -0.2) is 63.1 Å². The van der Waals surface area contributed by atoms with Crippen LogP contribution in [0.3, 0.4) is 0 Å². The second-order valence-corrected chi connectivity index (χ2v) is 11.2. The maximum atomic E-state index is 14.0. The molecule has 13 heteroatoms. The average Bonchev–Trinajstić information content (AvgIpc) is 3.52. The number of amides is 1. The van der Waals surface area contributed by atoms with E-state index in [1.165, 1.54) is 17.9 Å². The molecule has 3 aromatic rings. The fourth-order valence-corrected chi connectivity index (χ4v) is 6.46. The van der Waals surface area contributed by atoms with Crippen LogP contribution in [0, 0.1) is 11.3 Å². The number of benzene rings is 1. The highest BCUT2D eigenvalue weighted by molar-refractivity contribution is 5.96. The SMILES string of the molecule is COc1cc2c(cc1-c1cccnc1C#N)-c1c(CC(F)(F)F)cc(C(=O)N3CCC[C@]3(C)[C@H](O)C(F)(F)F)n1[C@H](C)C2. The minimum atomic E-state index is -5.01. The summed E-state index contributed by atoms with van der Waals surface area (Å²) in [5, 5.41) is 19.8. The number of aliphatic hydroxyl groups excluding tert-OH is 1. The summed E-state index contributed by atoms with van der Waals surface area (Å²) in [6.45, 7) is 2.76. The molecule has 0 aliphatic carbocycles. The Morgan fingerprint density at radius 1 is 1.21 bits per heavy atom. The number of carbonyl (C=O) groups is 1. The number of carbonyl (C=O) groups excluding carboxylic acids is 1. The summed E-state index contributed by atoms with van der Waals surface area (Å²) in [5.41, 5.74) is -0.407. The zero-order valence-electron chi connectivity index (χ0n) is 23.5. The molecule has 0 radical (unpaired) electrons. The van der Waals surface area contributed by atoms with Crippen molar-refractivity contribution in [2.45, 2.75) is 69.6 Å². The van der Waals surface area contributed by atoms with E-state index in [4.69, 9.17) is 4.74 Å². The van der Waals surface area contributed by atoms with E-state index in [9.17, 15) is 41.5 Å². The van der Waals surface area contributed by atoms with Crippen molar-refractivity contribution in [3.05, 3.63) is 59.0 Å². The van der Waals surface area contributed by atoms with Crippen LogP contribution in [-0.2, 0) is 12.8 Å². The van der Waals surface area contributed by atoms with Gasteiger partial charge in [-0.05, 0) is 74.6 Å². The van der Waals surface area contributed by atoms with Gasteiger partial charge in [-0.25, -0.2) is 4.98 Å². The molecule has 2 aliphatic rings. The summed E-state index contributed by atoms with van der Waals surface area (Å²) in [6, 6.07) is 9.08. The lowest BCUT2D eigenvalue weighted by molar-refractivity contribution is -0.232. The number of methoxy groups -OCH3 is 1. The van der Waals surface area contributed by atoms with Crippen molar-refractivity contribution in [1.29, 1.82) is 5.26 Å². The van der Waals surface area contributed by atoms with Gasteiger partial charge in [0.2, 0.25) is 0 Å². The maximum absolute atomic E-state index is 14.0. The quantitative estimate of drug-likeness (QED) is 0.348. The van der Waals surface area contributed by atoms with Crippen molar-refractivity contribution in [1.82, 2.24) is 14.5 Å². The van der Waals surface area contributed by atoms with Gasteiger partial charge in [-0.2, -0.15) is 31.6 Å². The fourth-order valence-electron chi connectivity index (χ4n) is 6.46. The number of hydrogen-bond acceptors (Lipinski definition) is 5. The molecule has 1 saturated heterocycles. The highest BCUT2D eigenvalue weighted by atomic mass is 19.4. The number of halogens is 6. The van der Waals surface area contributed by atoms with Crippen LogP contribution >= 0.6 is 0 Å². The number of likely N-dealkylation sites (tertiary alicyclic amines) is 1. The molecule has 0 unspecified atom stereocenters. The molecule has 1 amide bonds. The molecule has 228 valence electrons. The Hall–Kier alpha value is -4.05. The number of alkyl halides is 6. The minimum Gasteiger partial charge on any atom is -0.496 e. The van der Waals surface area contributed by atoms with Gasteiger partial charge in [-0.15, -0.1) is 0 Å². The number of nitriles is 1. The second-order valence-electron chi connectivity index (χ2n) is 11.2. The van der Waals surface area contributed by atoms with E-state index < -0.39 is 42.4 Å². The van der Waals surface area contributed by atoms with Crippen molar-refractivity contribution in [3.63, 3.8) is 0 Å². The summed E-state index contributed by atoms with van der Waals surface area (Å²) in [4.78, 5) is 19.0. The molecule has 2 aliphatic heterocycles. The van der Waals surface area contributed by atoms with Gasteiger partial charge in [0.05, 0.1) is 24.8 Å². The molecule has 1 fully saturated rings. The lowest BCUT2D eigenvalue weighted by Crippen LogP contribution is -2.58. The second kappa shape index (κ2) is 10.6. The van der Waals surface area contributed by atoms with E-state index >= 15 is 0 Å². The molecule has 1 aromatic carbocycles.